The van der Waals surface area contributed by atoms with Gasteiger partial charge in [0.2, 0.25) is 0 Å². The first-order valence-electron chi connectivity index (χ1n) is 10.7. The minimum atomic E-state index is -3.79. The van der Waals surface area contributed by atoms with Crippen LogP contribution in [0.5, 0.6) is 0 Å². The van der Waals surface area contributed by atoms with Crippen LogP contribution in [0.25, 0.3) is 10.6 Å². The molecule has 7 nitrogen and oxygen atoms in total. The maximum atomic E-state index is 12.9. The molecular formula is C24H26N4O3S2. The Balaban J connectivity index is 1.51. The molecule has 1 amide bonds. The zero-order chi connectivity index (χ0) is 23.8. The van der Waals surface area contributed by atoms with Gasteiger partial charge in [0.15, 0.2) is 0 Å². The van der Waals surface area contributed by atoms with E-state index in [9.17, 15) is 13.2 Å². The van der Waals surface area contributed by atoms with Crippen LogP contribution < -0.4 is 5.32 Å². The van der Waals surface area contributed by atoms with Crippen LogP contribution in [0, 0.1) is 20.8 Å². The van der Waals surface area contributed by atoms with Crippen molar-refractivity contribution in [2.75, 3.05) is 18.9 Å². The Bertz CT molecular complexity index is 1340. The van der Waals surface area contributed by atoms with Crippen molar-refractivity contribution in [1.82, 2.24) is 9.88 Å². The summed E-state index contributed by atoms with van der Waals surface area (Å²) >= 11 is 1.34. The van der Waals surface area contributed by atoms with Crippen molar-refractivity contribution in [3.8, 4) is 10.6 Å². The average molecular weight is 483 g/mol. The number of likely N-dealkylation sites (tertiary alicyclic amines) is 1. The standard InChI is InChI=1S/C24H26N4O3S2/c1-15-7-12-20(16(2)14-15)24-25-17(3)22(32-24)23(29)26-18-8-10-19(11-9-18)33(30,31)27-21-6-5-13-28(21)4/h7-12,14H,5-6,13H2,1-4H3,(H,26,29)/b27-21+. The zero-order valence-corrected chi connectivity index (χ0v) is 20.7. The van der Waals surface area contributed by atoms with E-state index in [1.807, 2.05) is 44.9 Å². The Labute approximate surface area is 198 Å². The van der Waals surface area contributed by atoms with Crippen molar-refractivity contribution < 1.29 is 13.2 Å². The van der Waals surface area contributed by atoms with E-state index in [0.717, 1.165) is 29.1 Å². The van der Waals surface area contributed by atoms with Crippen LogP contribution in [-0.4, -0.2) is 43.6 Å². The lowest BCUT2D eigenvalue weighted by Crippen LogP contribution is -2.20. The topological polar surface area (TPSA) is 91.7 Å². The number of nitrogens with zero attached hydrogens (tertiary/aromatic N) is 3. The largest absolute Gasteiger partial charge is 0.362 e. The third-order valence-corrected chi connectivity index (χ3v) is 8.09. The summed E-state index contributed by atoms with van der Waals surface area (Å²) in [7, 11) is -1.95. The van der Waals surface area contributed by atoms with Gasteiger partial charge in [0.25, 0.3) is 15.9 Å². The highest BCUT2D eigenvalue weighted by Crippen LogP contribution is 2.31. The quantitative estimate of drug-likeness (QED) is 0.564. The van der Waals surface area contributed by atoms with E-state index in [1.54, 1.807) is 12.1 Å². The first-order chi connectivity index (χ1) is 15.6. The summed E-state index contributed by atoms with van der Waals surface area (Å²) in [6, 6.07) is 12.2. The molecule has 9 heteroatoms. The fourth-order valence-electron chi connectivity index (χ4n) is 3.77. The van der Waals surface area contributed by atoms with Gasteiger partial charge in [-0.05, 0) is 57.0 Å². The Morgan fingerprint density at radius 3 is 2.48 bits per heavy atom. The molecule has 3 aromatic rings. The van der Waals surface area contributed by atoms with E-state index in [4.69, 9.17) is 0 Å². The van der Waals surface area contributed by atoms with E-state index in [2.05, 4.69) is 20.8 Å². The number of nitrogens with one attached hydrogen (secondary N) is 1. The number of rotatable bonds is 5. The number of amides is 1. The second kappa shape index (κ2) is 9.07. The van der Waals surface area contributed by atoms with Crippen LogP contribution in [0.1, 0.15) is 39.3 Å². The van der Waals surface area contributed by atoms with Crippen molar-refractivity contribution in [2.45, 2.75) is 38.5 Å². The fraction of sp³-hybridized carbons (Fsp3) is 0.292. The molecule has 1 aliphatic heterocycles. The maximum Gasteiger partial charge on any atom is 0.283 e. The number of hydrogen-bond acceptors (Lipinski definition) is 5. The molecule has 2 heterocycles. The molecule has 0 radical (unpaired) electrons. The van der Waals surface area contributed by atoms with Crippen LogP contribution in [-0.2, 0) is 10.0 Å². The van der Waals surface area contributed by atoms with Crippen molar-refractivity contribution in [1.29, 1.82) is 0 Å². The van der Waals surface area contributed by atoms with Crippen molar-refractivity contribution in [3.05, 3.63) is 64.2 Å². The number of benzene rings is 2. The number of carbonyl (C=O) groups excluding carboxylic acids is 1. The lowest BCUT2D eigenvalue weighted by molar-refractivity contribution is 0.103. The highest BCUT2D eigenvalue weighted by atomic mass is 32.2. The van der Waals surface area contributed by atoms with Gasteiger partial charge in [0.1, 0.15) is 15.7 Å². The van der Waals surface area contributed by atoms with E-state index in [0.29, 0.717) is 28.5 Å². The summed E-state index contributed by atoms with van der Waals surface area (Å²) in [5.41, 5.74) is 4.46. The minimum absolute atomic E-state index is 0.0967. The first-order valence-corrected chi connectivity index (χ1v) is 12.9. The van der Waals surface area contributed by atoms with Crippen LogP contribution in [0.2, 0.25) is 0 Å². The molecule has 0 bridgehead atoms. The molecule has 0 saturated carbocycles. The number of aryl methyl sites for hydroxylation is 3. The van der Waals surface area contributed by atoms with Gasteiger partial charge in [-0.15, -0.1) is 15.7 Å². The van der Waals surface area contributed by atoms with Gasteiger partial charge in [0.05, 0.1) is 10.6 Å². The number of aromatic nitrogens is 1. The number of anilines is 1. The molecule has 1 aromatic heterocycles. The predicted molar refractivity (Wildman–Crippen MR) is 133 cm³/mol. The van der Waals surface area contributed by atoms with Crippen molar-refractivity contribution in [3.63, 3.8) is 0 Å². The second-order valence-corrected chi connectivity index (χ2v) is 10.8. The molecule has 1 aliphatic rings. The summed E-state index contributed by atoms with van der Waals surface area (Å²) in [5, 5.41) is 3.64. The Hall–Kier alpha value is -3.04. The smallest absolute Gasteiger partial charge is 0.283 e. The van der Waals surface area contributed by atoms with Gasteiger partial charge in [0, 0.05) is 31.3 Å². The van der Waals surface area contributed by atoms with Gasteiger partial charge in [-0.25, -0.2) is 4.98 Å². The molecular weight excluding hydrogens is 456 g/mol. The van der Waals surface area contributed by atoms with Gasteiger partial charge in [-0.3, -0.25) is 4.79 Å². The second-order valence-electron chi connectivity index (χ2n) is 8.24. The van der Waals surface area contributed by atoms with E-state index >= 15 is 0 Å². The average Bonchev–Trinajstić information content (AvgIpc) is 3.33. The Morgan fingerprint density at radius 2 is 1.85 bits per heavy atom. The van der Waals surface area contributed by atoms with Gasteiger partial charge in [-0.1, -0.05) is 23.8 Å². The van der Waals surface area contributed by atoms with Crippen LogP contribution in [0.4, 0.5) is 5.69 Å². The van der Waals surface area contributed by atoms with Crippen molar-refractivity contribution >= 4 is 38.8 Å². The van der Waals surface area contributed by atoms with Crippen molar-refractivity contribution in [2.24, 2.45) is 4.40 Å². The summed E-state index contributed by atoms with van der Waals surface area (Å²) < 4.78 is 29.2. The third-order valence-electron chi connectivity index (χ3n) is 5.59. The van der Waals surface area contributed by atoms with Crippen LogP contribution in [0.15, 0.2) is 51.8 Å². The van der Waals surface area contributed by atoms with Gasteiger partial charge in [-0.2, -0.15) is 8.42 Å². The zero-order valence-electron chi connectivity index (χ0n) is 19.0. The van der Waals surface area contributed by atoms with Gasteiger partial charge >= 0.3 is 0 Å². The lowest BCUT2D eigenvalue weighted by atomic mass is 10.1. The summed E-state index contributed by atoms with van der Waals surface area (Å²) in [6.45, 7) is 6.69. The molecule has 0 atom stereocenters. The highest BCUT2D eigenvalue weighted by molar-refractivity contribution is 7.90. The molecule has 172 valence electrons. The third kappa shape index (κ3) is 4.99. The molecule has 33 heavy (non-hydrogen) atoms. The molecule has 2 aromatic carbocycles. The van der Waals surface area contributed by atoms with E-state index < -0.39 is 10.0 Å². The van der Waals surface area contributed by atoms with Crippen LogP contribution >= 0.6 is 11.3 Å². The normalized spacial score (nSPS) is 15.3. The summed E-state index contributed by atoms with van der Waals surface area (Å²) in [6.07, 6.45) is 1.56. The number of carbonyl (C=O) groups is 1. The van der Waals surface area contributed by atoms with E-state index in [-0.39, 0.29) is 10.8 Å². The minimum Gasteiger partial charge on any atom is -0.362 e. The molecule has 1 saturated heterocycles. The Kier molecular flexibility index (Phi) is 6.36. The summed E-state index contributed by atoms with van der Waals surface area (Å²) in [5.74, 6) is 0.303. The number of amidine groups is 1. The lowest BCUT2D eigenvalue weighted by Gasteiger charge is -2.11. The monoisotopic (exact) mass is 482 g/mol. The number of hydrogen-bond donors (Lipinski definition) is 1. The van der Waals surface area contributed by atoms with E-state index in [1.165, 1.54) is 29.0 Å². The highest BCUT2D eigenvalue weighted by Gasteiger charge is 2.21. The molecule has 0 unspecified atom stereocenters. The molecule has 4 rings (SSSR count). The first kappa shape index (κ1) is 23.1. The molecule has 0 spiro atoms. The Morgan fingerprint density at radius 1 is 1.12 bits per heavy atom. The molecule has 1 N–H and O–H groups in total. The summed E-state index contributed by atoms with van der Waals surface area (Å²) in [4.78, 5) is 20.0. The fourth-order valence-corrected chi connectivity index (χ4v) is 5.92. The maximum absolute atomic E-state index is 12.9. The number of thiazole rings is 1. The van der Waals surface area contributed by atoms with Crippen LogP contribution in [0.3, 0.4) is 0 Å². The number of sulfonamides is 1. The van der Waals surface area contributed by atoms with Gasteiger partial charge < -0.3 is 10.2 Å². The molecule has 0 aliphatic carbocycles. The SMILES string of the molecule is Cc1ccc(-c2nc(C)c(C(=O)Nc3ccc(S(=O)(=O)/N=C4\CCCN4C)cc3)s2)c(C)c1. The molecule has 1 fully saturated rings. The predicted octanol–water partition coefficient (Wildman–Crippen LogP) is 4.80.